The van der Waals surface area contributed by atoms with Crippen LogP contribution in [0, 0.1) is 0 Å². The SMILES string of the molecule is CC1C(c2cc(C(F)(F)F)cc(C(F)(F)F)c2)=C(C2=C(c3cc(C(F)(F)F)cc(C(F)(F)F)c3)[CH]([Zr+2])c3ccccc32)c2ccccc21.[Cl-].[Cl-]. The van der Waals surface area contributed by atoms with Gasteiger partial charge in [0.2, 0.25) is 0 Å². The molecule has 0 heterocycles. The molecular formula is C35H19Cl2F12Zr. The summed E-state index contributed by atoms with van der Waals surface area (Å²) in [5.41, 5.74) is -4.82. The van der Waals surface area contributed by atoms with Gasteiger partial charge in [-0.3, -0.25) is 0 Å². The van der Waals surface area contributed by atoms with Crippen molar-refractivity contribution in [1.82, 2.24) is 0 Å². The van der Waals surface area contributed by atoms with Crippen molar-refractivity contribution in [3.8, 4) is 0 Å². The van der Waals surface area contributed by atoms with Gasteiger partial charge in [-0.05, 0) is 0 Å². The van der Waals surface area contributed by atoms with Gasteiger partial charge in [0.25, 0.3) is 0 Å². The molecule has 0 amide bonds. The van der Waals surface area contributed by atoms with Crippen LogP contribution in [0.3, 0.4) is 0 Å². The third kappa shape index (κ3) is 7.06. The first-order chi connectivity index (χ1) is 22.2. The number of halogens is 14. The maximum Gasteiger partial charge on any atom is -1.00 e. The van der Waals surface area contributed by atoms with Gasteiger partial charge < -0.3 is 24.8 Å². The van der Waals surface area contributed by atoms with E-state index >= 15 is 0 Å². The molecule has 0 fully saturated rings. The first-order valence-corrected chi connectivity index (χ1v) is 15.6. The van der Waals surface area contributed by atoms with Gasteiger partial charge in [-0.15, -0.1) is 0 Å². The molecule has 0 bridgehead atoms. The van der Waals surface area contributed by atoms with Crippen molar-refractivity contribution in [1.29, 1.82) is 0 Å². The third-order valence-electron chi connectivity index (χ3n) is 8.55. The molecule has 0 aromatic heterocycles. The number of benzene rings is 4. The first-order valence-electron chi connectivity index (χ1n) is 14.2. The van der Waals surface area contributed by atoms with Crippen LogP contribution in [-0.4, -0.2) is 0 Å². The van der Waals surface area contributed by atoms with Crippen molar-refractivity contribution in [3.05, 3.63) is 141 Å². The zero-order valence-electron chi connectivity index (χ0n) is 25.0. The second-order valence-corrected chi connectivity index (χ2v) is 12.9. The molecule has 4 aromatic carbocycles. The van der Waals surface area contributed by atoms with E-state index in [0.717, 1.165) is 0 Å². The molecule has 15 heteroatoms. The minimum Gasteiger partial charge on any atom is -1.00 e. The van der Waals surface area contributed by atoms with Crippen molar-refractivity contribution in [2.75, 3.05) is 0 Å². The molecule has 2 unspecified atom stereocenters. The van der Waals surface area contributed by atoms with Crippen molar-refractivity contribution in [2.24, 2.45) is 0 Å². The Morgan fingerprint density at radius 2 is 0.780 bits per heavy atom. The fourth-order valence-electron chi connectivity index (χ4n) is 6.51. The van der Waals surface area contributed by atoms with Crippen LogP contribution in [0.1, 0.15) is 72.1 Å². The minimum absolute atomic E-state index is 0. The van der Waals surface area contributed by atoms with Gasteiger partial charge >= 0.3 is 281 Å². The summed E-state index contributed by atoms with van der Waals surface area (Å²) in [7, 11) is 0. The monoisotopic (exact) mass is 827 g/mol. The molecule has 0 N–H and O–H groups in total. The zero-order chi connectivity index (χ0) is 35.1. The number of hydrogen-bond acceptors (Lipinski definition) is 0. The van der Waals surface area contributed by atoms with Gasteiger partial charge in [0, 0.05) is 0 Å². The normalized spacial score (nSPS) is 17.7. The maximum atomic E-state index is 14.0. The quantitative estimate of drug-likeness (QED) is 0.222. The van der Waals surface area contributed by atoms with Crippen LogP contribution in [0.4, 0.5) is 52.7 Å². The molecule has 4 aromatic rings. The van der Waals surface area contributed by atoms with Gasteiger partial charge in [-0.25, -0.2) is 0 Å². The third-order valence-corrected chi connectivity index (χ3v) is 10.0. The molecule has 2 aliphatic carbocycles. The first kappa shape index (κ1) is 39.8. The van der Waals surface area contributed by atoms with Crippen LogP contribution in [0.15, 0.2) is 84.9 Å². The predicted molar refractivity (Wildman–Crippen MR) is 151 cm³/mol. The summed E-state index contributed by atoms with van der Waals surface area (Å²) < 4.78 is 167. The Balaban J connectivity index is 0.00000281. The Morgan fingerprint density at radius 3 is 1.18 bits per heavy atom. The largest absolute Gasteiger partial charge is 1.00 e. The van der Waals surface area contributed by atoms with E-state index in [4.69, 9.17) is 0 Å². The summed E-state index contributed by atoms with van der Waals surface area (Å²) in [6.45, 7) is 1.58. The van der Waals surface area contributed by atoms with E-state index in [1.54, 1.807) is 55.5 Å². The number of allylic oxidation sites excluding steroid dienone is 4. The van der Waals surface area contributed by atoms with Crippen LogP contribution in [-0.2, 0) is 49.4 Å². The summed E-state index contributed by atoms with van der Waals surface area (Å²) in [4.78, 5) is 0. The molecule has 50 heavy (non-hydrogen) atoms. The molecule has 0 nitrogen and oxygen atoms in total. The fraction of sp³-hybridized carbons (Fsp3) is 0.200. The fourth-order valence-corrected chi connectivity index (χ4v) is 7.89. The smallest absolute Gasteiger partial charge is 1.00 e. The standard InChI is InChI=1S/C35H19F12.2ClH.Zr/c1-17-25-7-4-5-9-27(25)31(29(17)20-12-23(34(42,43)44)16-24(13-20)35(45,46)47)30-26-8-3-2-6-18(26)14-28(30)19-10-21(32(36,37)38)15-22(11-19)33(39,40)41;;;/h2-17H,1H3;2*1H;/q;;;+2/p-2. The molecule has 0 saturated carbocycles. The average molecular weight is 830 g/mol. The van der Waals surface area contributed by atoms with E-state index in [9.17, 15) is 52.7 Å². The summed E-state index contributed by atoms with van der Waals surface area (Å²) in [5, 5.41) is 0. The molecular weight excluding hydrogens is 810 g/mol. The van der Waals surface area contributed by atoms with E-state index in [0.29, 0.717) is 71.2 Å². The second-order valence-electron chi connectivity index (χ2n) is 11.5. The van der Waals surface area contributed by atoms with Crippen LogP contribution in [0.25, 0.3) is 22.3 Å². The summed E-state index contributed by atoms with van der Waals surface area (Å²) in [6, 6.07) is 15.3. The Morgan fingerprint density at radius 1 is 0.460 bits per heavy atom. The summed E-state index contributed by atoms with van der Waals surface area (Å²) >= 11 is 0.677. The molecule has 6 rings (SSSR count). The Labute approximate surface area is 304 Å². The van der Waals surface area contributed by atoms with Gasteiger partial charge in [0.1, 0.15) is 0 Å². The van der Waals surface area contributed by atoms with E-state index in [1.165, 1.54) is 0 Å². The zero-order valence-corrected chi connectivity index (χ0v) is 29.0. The Bertz CT molecular complexity index is 1810. The van der Waals surface area contributed by atoms with Crippen molar-refractivity contribution < 1.29 is 102 Å². The van der Waals surface area contributed by atoms with Gasteiger partial charge in [-0.1, -0.05) is 0 Å². The van der Waals surface area contributed by atoms with Crippen molar-refractivity contribution >= 4 is 22.3 Å². The topological polar surface area (TPSA) is 0 Å². The molecule has 0 radical (unpaired) electrons. The van der Waals surface area contributed by atoms with Gasteiger partial charge in [0.15, 0.2) is 0 Å². The van der Waals surface area contributed by atoms with E-state index in [-0.39, 0.29) is 59.2 Å². The van der Waals surface area contributed by atoms with Crippen molar-refractivity contribution in [3.63, 3.8) is 0 Å². The molecule has 2 aliphatic rings. The maximum absolute atomic E-state index is 14.0. The molecule has 0 saturated heterocycles. The van der Waals surface area contributed by atoms with Crippen molar-refractivity contribution in [2.45, 2.75) is 41.2 Å². The summed E-state index contributed by atoms with van der Waals surface area (Å²) in [6.07, 6.45) is -20.7. The van der Waals surface area contributed by atoms with E-state index in [1.807, 2.05) is 0 Å². The molecule has 0 aliphatic heterocycles. The minimum atomic E-state index is -5.17. The van der Waals surface area contributed by atoms with Gasteiger partial charge in [0.05, 0.1) is 0 Å². The van der Waals surface area contributed by atoms with Crippen LogP contribution in [0.5, 0.6) is 0 Å². The number of fused-ring (bicyclic) bond motifs is 2. The van der Waals surface area contributed by atoms with E-state index in [2.05, 4.69) is 0 Å². The van der Waals surface area contributed by atoms with Gasteiger partial charge in [-0.2, -0.15) is 0 Å². The second kappa shape index (κ2) is 13.5. The number of alkyl halides is 12. The molecule has 0 spiro atoms. The molecule has 261 valence electrons. The number of rotatable bonds is 3. The van der Waals surface area contributed by atoms with Crippen LogP contribution >= 0.6 is 0 Å². The van der Waals surface area contributed by atoms with E-state index < -0.39 is 67.6 Å². The number of hydrogen-bond donors (Lipinski definition) is 0. The summed E-state index contributed by atoms with van der Waals surface area (Å²) in [5.74, 6) is -0.808. The predicted octanol–water partition coefficient (Wildman–Crippen LogP) is 6.01. The van der Waals surface area contributed by atoms with Crippen LogP contribution in [0.2, 0.25) is 0 Å². The average Bonchev–Trinajstić information content (AvgIpc) is 3.45. The Kier molecular flexibility index (Phi) is 10.7. The Hall–Kier alpha value is -3.02. The molecule has 2 atom stereocenters. The van der Waals surface area contributed by atoms with Crippen LogP contribution < -0.4 is 24.8 Å².